The number of carbonyl (C=O) groups excluding carboxylic acids is 1. The minimum atomic E-state index is -0.660. The van der Waals surface area contributed by atoms with Gasteiger partial charge in [0.25, 0.3) is 5.69 Å². The number of hydrogen-bond acceptors (Lipinski definition) is 5. The predicted molar refractivity (Wildman–Crippen MR) is 88.2 cm³/mol. The van der Waals surface area contributed by atoms with Crippen LogP contribution < -0.4 is 0 Å². The number of nitro benzene ring substituents is 1. The number of nitrogens with zero attached hydrogens (tertiary/aromatic N) is 3. The predicted octanol–water partition coefficient (Wildman–Crippen LogP) is 4.09. The Labute approximate surface area is 141 Å². The monoisotopic (exact) mass is 345 g/mol. The second-order valence-electron chi connectivity index (χ2n) is 5.14. The van der Waals surface area contributed by atoms with Crippen LogP contribution >= 0.6 is 11.6 Å². The number of hydrogen-bond donors (Lipinski definition) is 0. The number of benzene rings is 2. The molecule has 3 rings (SSSR count). The average Bonchev–Trinajstić information content (AvgIpc) is 2.98. The van der Waals surface area contributed by atoms with Crippen LogP contribution in [0.2, 0.25) is 5.02 Å². The van der Waals surface area contributed by atoms with Crippen molar-refractivity contribution in [2.24, 2.45) is 0 Å². The van der Waals surface area contributed by atoms with Crippen LogP contribution in [-0.4, -0.2) is 20.6 Å². The Morgan fingerprint density at radius 2 is 2.17 bits per heavy atom. The number of fused-ring (bicyclic) bond motifs is 1. The van der Waals surface area contributed by atoms with Gasteiger partial charge in [-0.25, -0.2) is 14.3 Å². The van der Waals surface area contributed by atoms with Crippen LogP contribution in [0, 0.1) is 17.0 Å². The fourth-order valence-corrected chi connectivity index (χ4v) is 2.53. The lowest BCUT2D eigenvalue weighted by molar-refractivity contribution is -0.385. The van der Waals surface area contributed by atoms with Crippen LogP contribution in [0.25, 0.3) is 11.0 Å². The first-order chi connectivity index (χ1) is 11.5. The van der Waals surface area contributed by atoms with E-state index < -0.39 is 11.0 Å². The summed E-state index contributed by atoms with van der Waals surface area (Å²) >= 11 is 5.76. The van der Waals surface area contributed by atoms with Gasteiger partial charge in [0.05, 0.1) is 21.5 Å². The number of para-hydroxylation sites is 1. The second-order valence-corrected chi connectivity index (χ2v) is 5.58. The molecule has 0 fully saturated rings. The van der Waals surface area contributed by atoms with Gasteiger partial charge in [0.2, 0.25) is 0 Å². The molecule has 0 aliphatic heterocycles. The van der Waals surface area contributed by atoms with Gasteiger partial charge in [0.1, 0.15) is 12.9 Å². The zero-order chi connectivity index (χ0) is 17.3. The molecule has 0 saturated carbocycles. The van der Waals surface area contributed by atoms with Crippen LogP contribution in [-0.2, 0) is 11.3 Å². The Morgan fingerprint density at radius 3 is 2.92 bits per heavy atom. The van der Waals surface area contributed by atoms with Gasteiger partial charge in [-0.2, -0.15) is 0 Å². The number of imidazole rings is 1. The van der Waals surface area contributed by atoms with Gasteiger partial charge in [-0.3, -0.25) is 10.1 Å². The smallest absolute Gasteiger partial charge is 0.420 e. The van der Waals surface area contributed by atoms with Crippen molar-refractivity contribution in [3.63, 3.8) is 0 Å². The molecule has 0 bridgehead atoms. The van der Waals surface area contributed by atoms with E-state index in [1.165, 1.54) is 29.1 Å². The van der Waals surface area contributed by atoms with E-state index in [0.717, 1.165) is 5.56 Å². The van der Waals surface area contributed by atoms with Crippen molar-refractivity contribution in [3.8, 4) is 0 Å². The van der Waals surface area contributed by atoms with Gasteiger partial charge in [-0.05, 0) is 30.7 Å². The number of ether oxygens (including phenoxy) is 1. The van der Waals surface area contributed by atoms with Crippen molar-refractivity contribution in [3.05, 3.63) is 69.0 Å². The van der Waals surface area contributed by atoms with Gasteiger partial charge in [0, 0.05) is 11.1 Å². The van der Waals surface area contributed by atoms with E-state index in [1.807, 2.05) is 19.1 Å². The highest BCUT2D eigenvalue weighted by Gasteiger charge is 2.17. The van der Waals surface area contributed by atoms with Gasteiger partial charge < -0.3 is 4.74 Å². The Morgan fingerprint density at radius 1 is 1.38 bits per heavy atom. The number of rotatable bonds is 3. The molecule has 0 spiro atoms. The van der Waals surface area contributed by atoms with Gasteiger partial charge in [-0.1, -0.05) is 23.7 Å². The maximum Gasteiger partial charge on any atom is 0.420 e. The largest absolute Gasteiger partial charge is 0.444 e. The fourth-order valence-electron chi connectivity index (χ4n) is 2.37. The standard InChI is InChI=1S/C16H12ClN3O4/c1-10-3-2-4-13-15(10)18-9-19(13)16(21)24-8-11-5-6-12(17)7-14(11)20(22)23/h2-7,9H,8H2,1H3. The molecule has 0 N–H and O–H groups in total. The van der Waals surface area contributed by atoms with Crippen molar-refractivity contribution in [2.45, 2.75) is 13.5 Å². The molecule has 1 aromatic heterocycles. The van der Waals surface area contributed by atoms with Crippen LogP contribution in [0.5, 0.6) is 0 Å². The Hall–Kier alpha value is -2.93. The lowest BCUT2D eigenvalue weighted by Crippen LogP contribution is -2.13. The highest BCUT2D eigenvalue weighted by Crippen LogP contribution is 2.24. The summed E-state index contributed by atoms with van der Waals surface area (Å²) < 4.78 is 6.46. The fraction of sp³-hybridized carbons (Fsp3) is 0.125. The van der Waals surface area contributed by atoms with E-state index >= 15 is 0 Å². The van der Waals surface area contributed by atoms with Crippen LogP contribution in [0.1, 0.15) is 11.1 Å². The molecule has 0 aliphatic rings. The summed E-state index contributed by atoms with van der Waals surface area (Å²) in [6, 6.07) is 9.65. The lowest BCUT2D eigenvalue weighted by atomic mass is 10.2. The third-order valence-corrected chi connectivity index (χ3v) is 3.81. The molecule has 7 nitrogen and oxygen atoms in total. The Kier molecular flexibility index (Phi) is 4.18. The topological polar surface area (TPSA) is 87.3 Å². The molecule has 2 aromatic carbocycles. The van der Waals surface area contributed by atoms with Gasteiger partial charge in [-0.15, -0.1) is 0 Å². The normalized spacial score (nSPS) is 10.8. The zero-order valence-electron chi connectivity index (χ0n) is 12.6. The number of aromatic nitrogens is 2. The summed E-state index contributed by atoms with van der Waals surface area (Å²) in [6.45, 7) is 1.65. The van der Waals surface area contributed by atoms with Gasteiger partial charge in [0.15, 0.2) is 0 Å². The number of carbonyl (C=O) groups is 1. The molecule has 122 valence electrons. The summed E-state index contributed by atoms with van der Waals surface area (Å²) in [6.07, 6.45) is 0.711. The molecule has 0 amide bonds. The summed E-state index contributed by atoms with van der Waals surface area (Å²) in [5, 5.41) is 11.3. The van der Waals surface area contributed by atoms with Crippen molar-refractivity contribution in [1.82, 2.24) is 9.55 Å². The molecule has 0 aliphatic carbocycles. The van der Waals surface area contributed by atoms with Crippen LogP contribution in [0.4, 0.5) is 10.5 Å². The van der Waals surface area contributed by atoms with E-state index in [1.54, 1.807) is 6.07 Å². The molecule has 1 heterocycles. The van der Waals surface area contributed by atoms with Crippen molar-refractivity contribution >= 4 is 34.4 Å². The van der Waals surface area contributed by atoms with Crippen molar-refractivity contribution in [1.29, 1.82) is 0 Å². The molecule has 3 aromatic rings. The van der Waals surface area contributed by atoms with E-state index in [0.29, 0.717) is 11.0 Å². The highest BCUT2D eigenvalue weighted by atomic mass is 35.5. The molecule has 0 saturated heterocycles. The number of nitro groups is 1. The first kappa shape index (κ1) is 15.9. The summed E-state index contributed by atoms with van der Waals surface area (Å²) in [7, 11) is 0. The maximum atomic E-state index is 12.3. The minimum Gasteiger partial charge on any atom is -0.444 e. The van der Waals surface area contributed by atoms with E-state index in [2.05, 4.69) is 4.98 Å². The number of halogens is 1. The number of aryl methyl sites for hydroxylation is 1. The maximum absolute atomic E-state index is 12.3. The summed E-state index contributed by atoms with van der Waals surface area (Å²) in [5.41, 5.74) is 2.32. The first-order valence-electron chi connectivity index (χ1n) is 7.00. The molecule has 0 radical (unpaired) electrons. The highest BCUT2D eigenvalue weighted by molar-refractivity contribution is 6.30. The average molecular weight is 346 g/mol. The van der Waals surface area contributed by atoms with Crippen molar-refractivity contribution in [2.75, 3.05) is 0 Å². The van der Waals surface area contributed by atoms with E-state index in [4.69, 9.17) is 16.3 Å². The second kappa shape index (κ2) is 6.29. The lowest BCUT2D eigenvalue weighted by Gasteiger charge is -2.07. The van der Waals surface area contributed by atoms with Gasteiger partial charge >= 0.3 is 6.09 Å². The Bertz CT molecular complexity index is 952. The Balaban J connectivity index is 1.83. The SMILES string of the molecule is Cc1cccc2c1ncn2C(=O)OCc1ccc(Cl)cc1[N+](=O)[O-]. The summed E-state index contributed by atoms with van der Waals surface area (Å²) in [5.74, 6) is 0. The minimum absolute atomic E-state index is 0.193. The summed E-state index contributed by atoms with van der Waals surface area (Å²) in [4.78, 5) is 26.9. The molecule has 0 atom stereocenters. The third-order valence-electron chi connectivity index (χ3n) is 3.57. The first-order valence-corrected chi connectivity index (χ1v) is 7.38. The third kappa shape index (κ3) is 2.93. The van der Waals surface area contributed by atoms with Crippen LogP contribution in [0.15, 0.2) is 42.7 Å². The zero-order valence-corrected chi connectivity index (χ0v) is 13.4. The molecule has 24 heavy (non-hydrogen) atoms. The molecule has 0 unspecified atom stereocenters. The molecular formula is C16H12ClN3O4. The van der Waals surface area contributed by atoms with E-state index in [-0.39, 0.29) is 22.9 Å². The van der Waals surface area contributed by atoms with Crippen molar-refractivity contribution < 1.29 is 14.5 Å². The molecular weight excluding hydrogens is 334 g/mol. The quantitative estimate of drug-likeness (QED) is 0.527. The molecule has 8 heteroatoms. The van der Waals surface area contributed by atoms with Crippen LogP contribution in [0.3, 0.4) is 0 Å². The van der Waals surface area contributed by atoms with E-state index in [9.17, 15) is 14.9 Å².